The number of aliphatic carboxylic acids is 1. The highest BCUT2D eigenvalue weighted by Gasteiger charge is 2.25. The molecule has 0 aromatic rings. The fourth-order valence-corrected chi connectivity index (χ4v) is 1.81. The van der Waals surface area contributed by atoms with Crippen LogP contribution in [0.1, 0.15) is 39.5 Å². The Morgan fingerprint density at radius 3 is 2.28 bits per heavy atom. The highest BCUT2D eigenvalue weighted by Crippen LogP contribution is 2.26. The van der Waals surface area contributed by atoms with E-state index in [0.29, 0.717) is 0 Å². The molecule has 0 heterocycles. The fourth-order valence-electron chi connectivity index (χ4n) is 1.81. The molecule has 1 rings (SSSR count). The van der Waals surface area contributed by atoms with Gasteiger partial charge in [0.1, 0.15) is 0 Å². The molecule has 0 amide bonds. The molecule has 1 aliphatic rings. The van der Waals surface area contributed by atoms with Gasteiger partial charge in [-0.3, -0.25) is 9.59 Å². The Labute approximate surface area is 107 Å². The van der Waals surface area contributed by atoms with Crippen molar-refractivity contribution in [1.82, 2.24) is 0 Å². The maximum atomic E-state index is 10.5. The molecule has 0 aliphatic heterocycles. The van der Waals surface area contributed by atoms with E-state index in [1.807, 2.05) is 0 Å². The lowest BCUT2D eigenvalue weighted by atomic mass is 9.87. The third-order valence-corrected chi connectivity index (χ3v) is 2.62. The molecule has 106 valence electrons. The highest BCUT2D eigenvalue weighted by molar-refractivity contribution is 5.65. The molecular formula is C12H22O6. The summed E-state index contributed by atoms with van der Waals surface area (Å²) in [5.74, 6) is -0.958. The van der Waals surface area contributed by atoms with Crippen LogP contribution in [0.5, 0.6) is 0 Å². The molecular weight excluding hydrogens is 240 g/mol. The van der Waals surface area contributed by atoms with Crippen molar-refractivity contribution in [1.29, 1.82) is 0 Å². The van der Waals surface area contributed by atoms with E-state index in [0.717, 1.165) is 32.6 Å². The standard InChI is InChI=1S/C10H18O4.C2H4O2/c1-8(12)13-7-14-10-5-3-2-4-9(10)6-11;1-2(3)4/h9-11H,2-7H2,1H3;1H3,(H,3,4). The van der Waals surface area contributed by atoms with Crippen LogP contribution in [0, 0.1) is 5.92 Å². The molecule has 0 aromatic heterocycles. The van der Waals surface area contributed by atoms with Gasteiger partial charge in [0, 0.05) is 26.4 Å². The summed E-state index contributed by atoms with van der Waals surface area (Å²) in [6, 6.07) is 0. The Morgan fingerprint density at radius 2 is 1.78 bits per heavy atom. The van der Waals surface area contributed by atoms with Crippen LogP contribution in [0.25, 0.3) is 0 Å². The normalized spacial score (nSPS) is 22.6. The predicted octanol–water partition coefficient (Wildman–Crippen LogP) is 1.17. The number of carbonyl (C=O) groups excluding carboxylic acids is 1. The van der Waals surface area contributed by atoms with Gasteiger partial charge in [0.15, 0.2) is 6.79 Å². The Kier molecular flexibility index (Phi) is 9.22. The molecule has 2 atom stereocenters. The molecule has 1 fully saturated rings. The monoisotopic (exact) mass is 262 g/mol. The second-order valence-electron chi connectivity index (χ2n) is 4.21. The molecule has 0 spiro atoms. The first-order valence-electron chi connectivity index (χ1n) is 6.02. The zero-order valence-corrected chi connectivity index (χ0v) is 10.9. The average molecular weight is 262 g/mol. The number of aliphatic hydroxyl groups excluding tert-OH is 1. The number of esters is 1. The summed E-state index contributed by atoms with van der Waals surface area (Å²) < 4.78 is 10.1. The topological polar surface area (TPSA) is 93.1 Å². The molecule has 2 N–H and O–H groups in total. The lowest BCUT2D eigenvalue weighted by molar-refractivity contribution is -0.164. The quantitative estimate of drug-likeness (QED) is 0.583. The minimum atomic E-state index is -0.833. The van der Waals surface area contributed by atoms with Gasteiger partial charge in [-0.1, -0.05) is 12.8 Å². The van der Waals surface area contributed by atoms with Crippen molar-refractivity contribution in [3.8, 4) is 0 Å². The molecule has 6 heteroatoms. The van der Waals surface area contributed by atoms with Crippen LogP contribution in [0.2, 0.25) is 0 Å². The maximum absolute atomic E-state index is 10.5. The number of hydrogen-bond donors (Lipinski definition) is 2. The predicted molar refractivity (Wildman–Crippen MR) is 63.9 cm³/mol. The van der Waals surface area contributed by atoms with Gasteiger partial charge in [0.05, 0.1) is 6.10 Å². The number of ether oxygens (including phenoxy) is 2. The van der Waals surface area contributed by atoms with Crippen LogP contribution in [0.15, 0.2) is 0 Å². The summed E-state index contributed by atoms with van der Waals surface area (Å²) in [6.07, 6.45) is 4.28. The van der Waals surface area contributed by atoms with Crippen LogP contribution in [0.4, 0.5) is 0 Å². The van der Waals surface area contributed by atoms with Crippen molar-refractivity contribution >= 4 is 11.9 Å². The molecule has 18 heavy (non-hydrogen) atoms. The van der Waals surface area contributed by atoms with E-state index in [9.17, 15) is 4.79 Å². The van der Waals surface area contributed by atoms with E-state index >= 15 is 0 Å². The van der Waals surface area contributed by atoms with E-state index in [1.165, 1.54) is 6.92 Å². The first-order valence-corrected chi connectivity index (χ1v) is 6.02. The van der Waals surface area contributed by atoms with Gasteiger partial charge in [-0.15, -0.1) is 0 Å². The van der Waals surface area contributed by atoms with Gasteiger partial charge >= 0.3 is 5.97 Å². The highest BCUT2D eigenvalue weighted by atomic mass is 16.7. The smallest absolute Gasteiger partial charge is 0.304 e. The molecule has 2 unspecified atom stereocenters. The molecule has 0 aromatic carbocycles. The van der Waals surface area contributed by atoms with Crippen molar-refractivity contribution in [2.24, 2.45) is 5.92 Å². The molecule has 0 saturated heterocycles. The number of rotatable bonds is 4. The van der Waals surface area contributed by atoms with E-state index in [-0.39, 0.29) is 31.4 Å². The average Bonchev–Trinajstić information content (AvgIpc) is 2.28. The van der Waals surface area contributed by atoms with Gasteiger partial charge in [0.2, 0.25) is 0 Å². The van der Waals surface area contributed by atoms with Crippen LogP contribution in [0.3, 0.4) is 0 Å². The largest absolute Gasteiger partial charge is 0.481 e. The van der Waals surface area contributed by atoms with Crippen LogP contribution in [-0.4, -0.2) is 41.7 Å². The van der Waals surface area contributed by atoms with Gasteiger partial charge in [-0.05, 0) is 12.8 Å². The fraction of sp³-hybridized carbons (Fsp3) is 0.833. The van der Waals surface area contributed by atoms with Gasteiger partial charge in [0.25, 0.3) is 5.97 Å². The molecule has 0 radical (unpaired) electrons. The second-order valence-corrected chi connectivity index (χ2v) is 4.21. The summed E-state index contributed by atoms with van der Waals surface area (Å²) in [7, 11) is 0. The minimum Gasteiger partial charge on any atom is -0.481 e. The van der Waals surface area contributed by atoms with Crippen molar-refractivity contribution < 1.29 is 29.3 Å². The van der Waals surface area contributed by atoms with Gasteiger partial charge < -0.3 is 19.7 Å². The van der Waals surface area contributed by atoms with E-state index in [1.54, 1.807) is 0 Å². The summed E-state index contributed by atoms with van der Waals surface area (Å²) in [6.45, 7) is 2.61. The Balaban J connectivity index is 0.000000631. The van der Waals surface area contributed by atoms with Crippen molar-refractivity contribution in [3.63, 3.8) is 0 Å². The SMILES string of the molecule is CC(=O)O.CC(=O)OCOC1CCCCC1CO. The third kappa shape index (κ3) is 8.95. The molecule has 6 nitrogen and oxygen atoms in total. The number of carboxylic acids is 1. The summed E-state index contributed by atoms with van der Waals surface area (Å²) >= 11 is 0. The molecule has 1 aliphatic carbocycles. The molecule has 1 saturated carbocycles. The summed E-state index contributed by atoms with van der Waals surface area (Å²) in [5, 5.41) is 16.5. The van der Waals surface area contributed by atoms with Gasteiger partial charge in [-0.25, -0.2) is 0 Å². The van der Waals surface area contributed by atoms with Crippen LogP contribution < -0.4 is 0 Å². The maximum Gasteiger partial charge on any atom is 0.304 e. The second kappa shape index (κ2) is 9.85. The zero-order valence-electron chi connectivity index (χ0n) is 10.9. The van der Waals surface area contributed by atoms with E-state index < -0.39 is 5.97 Å². The number of carboxylic acid groups (broad SMARTS) is 1. The van der Waals surface area contributed by atoms with Crippen molar-refractivity contribution in [2.45, 2.75) is 45.6 Å². The van der Waals surface area contributed by atoms with Crippen LogP contribution >= 0.6 is 0 Å². The Morgan fingerprint density at radius 1 is 1.22 bits per heavy atom. The number of hydrogen-bond acceptors (Lipinski definition) is 5. The Bertz CT molecular complexity index is 249. The summed E-state index contributed by atoms with van der Waals surface area (Å²) in [5.41, 5.74) is 0. The van der Waals surface area contributed by atoms with E-state index in [2.05, 4.69) is 0 Å². The first-order chi connectivity index (χ1) is 8.47. The molecule has 0 bridgehead atoms. The summed E-state index contributed by atoms with van der Waals surface area (Å²) in [4.78, 5) is 19.5. The zero-order chi connectivity index (χ0) is 14.0. The van der Waals surface area contributed by atoms with Crippen LogP contribution in [-0.2, 0) is 19.1 Å². The Hall–Kier alpha value is -1.14. The first kappa shape index (κ1) is 16.9. The van der Waals surface area contributed by atoms with Crippen molar-refractivity contribution in [3.05, 3.63) is 0 Å². The third-order valence-electron chi connectivity index (χ3n) is 2.62. The lowest BCUT2D eigenvalue weighted by Gasteiger charge is -2.29. The minimum absolute atomic E-state index is 0.0104. The van der Waals surface area contributed by atoms with Gasteiger partial charge in [-0.2, -0.15) is 0 Å². The van der Waals surface area contributed by atoms with E-state index in [4.69, 9.17) is 24.5 Å². The van der Waals surface area contributed by atoms with Crippen molar-refractivity contribution in [2.75, 3.05) is 13.4 Å². The number of carbonyl (C=O) groups is 2. The number of aliphatic hydroxyl groups is 1. The lowest BCUT2D eigenvalue weighted by Crippen LogP contribution is -2.31.